The van der Waals surface area contributed by atoms with Gasteiger partial charge in [0, 0.05) is 12.7 Å². The summed E-state index contributed by atoms with van der Waals surface area (Å²) in [4.78, 5) is 6.58. The summed E-state index contributed by atoms with van der Waals surface area (Å²) in [6, 6.07) is 3.77. The van der Waals surface area contributed by atoms with E-state index in [0.717, 1.165) is 17.9 Å². The van der Waals surface area contributed by atoms with E-state index in [-0.39, 0.29) is 0 Å². The number of aromatic nitrogens is 1. The summed E-state index contributed by atoms with van der Waals surface area (Å²) in [6.45, 7) is 3.29. The van der Waals surface area contributed by atoms with Crippen molar-refractivity contribution in [2.24, 2.45) is 0 Å². The molecule has 0 unspecified atom stereocenters. The van der Waals surface area contributed by atoms with Crippen molar-refractivity contribution < 1.29 is 0 Å². The van der Waals surface area contributed by atoms with Gasteiger partial charge < -0.3 is 5.73 Å². The van der Waals surface area contributed by atoms with Crippen molar-refractivity contribution in [2.75, 3.05) is 18.8 Å². The molecule has 1 fully saturated rings. The molecule has 2 N–H and O–H groups in total. The van der Waals surface area contributed by atoms with Crippen molar-refractivity contribution in [1.29, 1.82) is 0 Å². The van der Waals surface area contributed by atoms with Gasteiger partial charge in [0.15, 0.2) is 0 Å². The minimum atomic E-state index is 0.810. The van der Waals surface area contributed by atoms with Gasteiger partial charge in [-0.25, -0.2) is 0 Å². The van der Waals surface area contributed by atoms with Gasteiger partial charge in [-0.15, -0.1) is 0 Å². The molecule has 1 aromatic heterocycles. The van der Waals surface area contributed by atoms with Crippen LogP contribution in [0.15, 0.2) is 18.3 Å². The summed E-state index contributed by atoms with van der Waals surface area (Å²) >= 11 is 0. The van der Waals surface area contributed by atoms with E-state index in [2.05, 4.69) is 9.88 Å². The van der Waals surface area contributed by atoms with Crippen LogP contribution in [0.2, 0.25) is 0 Å². The number of rotatable bonds is 2. The standard InChI is InChI=1S/C9H13N3/c10-8-3-1-4-11-9(8)7-12-5-2-6-12/h1,3-4H,2,5-7,10H2. The van der Waals surface area contributed by atoms with Gasteiger partial charge in [0.25, 0.3) is 0 Å². The van der Waals surface area contributed by atoms with Crippen molar-refractivity contribution in [3.8, 4) is 0 Å². The molecule has 0 aromatic carbocycles. The number of hydrogen-bond acceptors (Lipinski definition) is 3. The van der Waals surface area contributed by atoms with Crippen molar-refractivity contribution in [1.82, 2.24) is 9.88 Å². The van der Waals surface area contributed by atoms with Crippen molar-refractivity contribution in [2.45, 2.75) is 13.0 Å². The minimum absolute atomic E-state index is 0.810. The van der Waals surface area contributed by atoms with Crippen LogP contribution in [0.4, 0.5) is 5.69 Å². The van der Waals surface area contributed by atoms with E-state index in [1.807, 2.05) is 12.1 Å². The number of nitrogens with two attached hydrogens (primary N) is 1. The molecule has 2 heterocycles. The Morgan fingerprint density at radius 3 is 2.92 bits per heavy atom. The first-order valence-corrected chi connectivity index (χ1v) is 4.28. The molecule has 64 valence electrons. The second kappa shape index (κ2) is 3.11. The van der Waals surface area contributed by atoms with Crippen LogP contribution in [0, 0.1) is 0 Å². The third kappa shape index (κ3) is 1.41. The Morgan fingerprint density at radius 1 is 1.50 bits per heavy atom. The first kappa shape index (κ1) is 7.55. The highest BCUT2D eigenvalue weighted by Crippen LogP contribution is 2.14. The zero-order valence-electron chi connectivity index (χ0n) is 7.03. The molecule has 0 radical (unpaired) electrons. The Hall–Kier alpha value is -1.09. The van der Waals surface area contributed by atoms with Crippen molar-refractivity contribution in [3.63, 3.8) is 0 Å². The molecule has 2 rings (SSSR count). The van der Waals surface area contributed by atoms with Crippen LogP contribution in [-0.2, 0) is 6.54 Å². The lowest BCUT2D eigenvalue weighted by Gasteiger charge is -2.30. The molecule has 12 heavy (non-hydrogen) atoms. The van der Waals surface area contributed by atoms with E-state index in [9.17, 15) is 0 Å². The lowest BCUT2D eigenvalue weighted by Crippen LogP contribution is -2.36. The Balaban J connectivity index is 2.06. The molecular formula is C9H13N3. The fourth-order valence-corrected chi connectivity index (χ4v) is 1.33. The molecule has 1 aromatic rings. The molecule has 0 atom stereocenters. The average Bonchev–Trinajstić information content (AvgIpc) is 2.00. The Bertz CT molecular complexity index is 268. The highest BCUT2D eigenvalue weighted by molar-refractivity contribution is 5.41. The molecule has 0 amide bonds. The predicted molar refractivity (Wildman–Crippen MR) is 48.5 cm³/mol. The largest absolute Gasteiger partial charge is 0.397 e. The van der Waals surface area contributed by atoms with Gasteiger partial charge >= 0.3 is 0 Å². The highest BCUT2D eigenvalue weighted by atomic mass is 15.2. The van der Waals surface area contributed by atoms with Crippen LogP contribution < -0.4 is 5.73 Å². The Morgan fingerprint density at radius 2 is 2.33 bits per heavy atom. The van der Waals surface area contributed by atoms with Crippen molar-refractivity contribution in [3.05, 3.63) is 24.0 Å². The maximum Gasteiger partial charge on any atom is 0.0772 e. The normalized spacial score (nSPS) is 17.3. The number of anilines is 1. The smallest absolute Gasteiger partial charge is 0.0772 e. The van der Waals surface area contributed by atoms with E-state index in [1.54, 1.807) is 6.20 Å². The molecule has 0 spiro atoms. The Kier molecular flexibility index (Phi) is 1.96. The summed E-state index contributed by atoms with van der Waals surface area (Å²) < 4.78 is 0. The molecule has 1 aliphatic rings. The predicted octanol–water partition coefficient (Wildman–Crippen LogP) is 0.869. The first-order chi connectivity index (χ1) is 5.86. The summed E-state index contributed by atoms with van der Waals surface area (Å²) in [5, 5.41) is 0. The molecule has 0 saturated carbocycles. The van der Waals surface area contributed by atoms with Gasteiger partial charge in [0.2, 0.25) is 0 Å². The van der Waals surface area contributed by atoms with Crippen LogP contribution >= 0.6 is 0 Å². The number of nitrogens with zero attached hydrogens (tertiary/aromatic N) is 2. The van der Waals surface area contributed by atoms with Crippen LogP contribution in [0.5, 0.6) is 0 Å². The fourth-order valence-electron chi connectivity index (χ4n) is 1.33. The van der Waals surface area contributed by atoms with E-state index >= 15 is 0 Å². The molecule has 0 bridgehead atoms. The number of pyridine rings is 1. The number of hydrogen-bond donors (Lipinski definition) is 1. The summed E-state index contributed by atoms with van der Waals surface area (Å²) in [5.41, 5.74) is 7.58. The summed E-state index contributed by atoms with van der Waals surface area (Å²) in [6.07, 6.45) is 3.11. The summed E-state index contributed by atoms with van der Waals surface area (Å²) in [5.74, 6) is 0. The van der Waals surface area contributed by atoms with Gasteiger partial charge in [0.05, 0.1) is 11.4 Å². The van der Waals surface area contributed by atoms with Crippen LogP contribution in [0.3, 0.4) is 0 Å². The fraction of sp³-hybridized carbons (Fsp3) is 0.444. The van der Waals surface area contributed by atoms with Crippen molar-refractivity contribution >= 4 is 5.69 Å². The Labute approximate surface area is 72.2 Å². The first-order valence-electron chi connectivity index (χ1n) is 4.28. The molecule has 3 heteroatoms. The molecule has 0 aliphatic carbocycles. The quantitative estimate of drug-likeness (QED) is 0.703. The second-order valence-electron chi connectivity index (χ2n) is 3.17. The third-order valence-corrected chi connectivity index (χ3v) is 2.25. The molecule has 3 nitrogen and oxygen atoms in total. The molecule has 1 aliphatic heterocycles. The summed E-state index contributed by atoms with van der Waals surface area (Å²) in [7, 11) is 0. The maximum absolute atomic E-state index is 5.76. The zero-order chi connectivity index (χ0) is 8.39. The van der Waals surface area contributed by atoms with Gasteiger partial charge in [0.1, 0.15) is 0 Å². The molecular weight excluding hydrogens is 150 g/mol. The van der Waals surface area contributed by atoms with E-state index in [0.29, 0.717) is 0 Å². The van der Waals surface area contributed by atoms with E-state index in [1.165, 1.54) is 19.5 Å². The topological polar surface area (TPSA) is 42.1 Å². The van der Waals surface area contributed by atoms with Gasteiger partial charge in [-0.2, -0.15) is 0 Å². The highest BCUT2D eigenvalue weighted by Gasteiger charge is 2.15. The minimum Gasteiger partial charge on any atom is -0.397 e. The maximum atomic E-state index is 5.76. The van der Waals surface area contributed by atoms with Crippen LogP contribution in [-0.4, -0.2) is 23.0 Å². The number of likely N-dealkylation sites (tertiary alicyclic amines) is 1. The van der Waals surface area contributed by atoms with E-state index < -0.39 is 0 Å². The van der Waals surface area contributed by atoms with Gasteiger partial charge in [-0.3, -0.25) is 9.88 Å². The SMILES string of the molecule is Nc1cccnc1CN1CCC1. The van der Waals surface area contributed by atoms with Crippen LogP contribution in [0.1, 0.15) is 12.1 Å². The average molecular weight is 163 g/mol. The second-order valence-corrected chi connectivity index (χ2v) is 3.17. The zero-order valence-corrected chi connectivity index (χ0v) is 7.03. The lowest BCUT2D eigenvalue weighted by atomic mass is 10.2. The molecule has 1 saturated heterocycles. The van der Waals surface area contributed by atoms with Gasteiger partial charge in [-0.1, -0.05) is 0 Å². The lowest BCUT2D eigenvalue weighted by molar-refractivity contribution is 0.171. The van der Waals surface area contributed by atoms with Gasteiger partial charge in [-0.05, 0) is 31.6 Å². The monoisotopic (exact) mass is 163 g/mol. The number of nitrogen functional groups attached to an aromatic ring is 1. The van der Waals surface area contributed by atoms with E-state index in [4.69, 9.17) is 5.73 Å². The van der Waals surface area contributed by atoms with Crippen LogP contribution in [0.25, 0.3) is 0 Å². The third-order valence-electron chi connectivity index (χ3n) is 2.25.